The van der Waals surface area contributed by atoms with E-state index in [1.807, 2.05) is 12.1 Å². The van der Waals surface area contributed by atoms with Gasteiger partial charge in [-0.1, -0.05) is 13.3 Å². The number of aromatic nitrogens is 1. The molecule has 1 saturated heterocycles. The molecule has 3 heteroatoms. The highest BCUT2D eigenvalue weighted by atomic mass is 15.1. The van der Waals surface area contributed by atoms with Crippen LogP contribution in [0.1, 0.15) is 43.9 Å². The Balaban J connectivity index is 1.94. The first-order valence-corrected chi connectivity index (χ1v) is 6.89. The number of hydrogen-bond donors (Lipinski definition) is 0. The van der Waals surface area contributed by atoms with Crippen molar-refractivity contribution >= 4 is 0 Å². The Morgan fingerprint density at radius 3 is 3.11 bits per heavy atom. The van der Waals surface area contributed by atoms with Crippen molar-refractivity contribution in [3.63, 3.8) is 0 Å². The highest BCUT2D eigenvalue weighted by Gasteiger charge is 2.15. The van der Waals surface area contributed by atoms with Crippen molar-refractivity contribution in [1.29, 1.82) is 5.26 Å². The molecule has 0 N–H and O–H groups in total. The Hall–Kier alpha value is -1.40. The quantitative estimate of drug-likeness (QED) is 0.819. The molecule has 1 aliphatic heterocycles. The van der Waals surface area contributed by atoms with Crippen LogP contribution in [0.15, 0.2) is 18.3 Å². The van der Waals surface area contributed by atoms with Crippen LogP contribution in [0.2, 0.25) is 0 Å². The average Bonchev–Trinajstić information content (AvgIpc) is 2.64. The monoisotopic (exact) mass is 243 g/mol. The van der Waals surface area contributed by atoms with Gasteiger partial charge < -0.3 is 0 Å². The highest BCUT2D eigenvalue weighted by Crippen LogP contribution is 2.21. The van der Waals surface area contributed by atoms with Crippen LogP contribution >= 0.6 is 0 Å². The molecule has 0 radical (unpaired) electrons. The number of nitrogens with zero attached hydrogens (tertiary/aromatic N) is 3. The van der Waals surface area contributed by atoms with E-state index in [1.54, 1.807) is 6.20 Å². The molecular weight excluding hydrogens is 222 g/mol. The number of hydrogen-bond acceptors (Lipinski definition) is 3. The average molecular weight is 243 g/mol. The molecule has 1 aromatic heterocycles. The van der Waals surface area contributed by atoms with Crippen LogP contribution in [-0.4, -0.2) is 23.0 Å². The van der Waals surface area contributed by atoms with E-state index in [1.165, 1.54) is 44.3 Å². The SMILES string of the molecule is CCC1CCCN(Cc2ccnc(C#N)c2)CC1. The van der Waals surface area contributed by atoms with Crippen LogP contribution in [0.5, 0.6) is 0 Å². The van der Waals surface area contributed by atoms with Gasteiger partial charge in [-0.15, -0.1) is 0 Å². The maximum Gasteiger partial charge on any atom is 0.140 e. The molecule has 3 nitrogen and oxygen atoms in total. The summed E-state index contributed by atoms with van der Waals surface area (Å²) in [5.74, 6) is 0.905. The first kappa shape index (κ1) is 13.0. The fraction of sp³-hybridized carbons (Fsp3) is 0.600. The van der Waals surface area contributed by atoms with Crippen molar-refractivity contribution < 1.29 is 0 Å². The number of rotatable bonds is 3. The zero-order valence-electron chi connectivity index (χ0n) is 11.1. The van der Waals surface area contributed by atoms with Gasteiger partial charge in [-0.25, -0.2) is 4.98 Å². The van der Waals surface area contributed by atoms with Crippen molar-refractivity contribution in [3.05, 3.63) is 29.6 Å². The predicted octanol–water partition coefficient (Wildman–Crippen LogP) is 2.97. The second-order valence-electron chi connectivity index (χ2n) is 5.14. The summed E-state index contributed by atoms with van der Waals surface area (Å²) in [7, 11) is 0. The van der Waals surface area contributed by atoms with Crippen molar-refractivity contribution in [2.24, 2.45) is 5.92 Å². The van der Waals surface area contributed by atoms with Gasteiger partial charge in [0.2, 0.25) is 0 Å². The topological polar surface area (TPSA) is 39.9 Å². The predicted molar refractivity (Wildman–Crippen MR) is 71.9 cm³/mol. The number of likely N-dealkylation sites (tertiary alicyclic amines) is 1. The third kappa shape index (κ3) is 3.54. The van der Waals surface area contributed by atoms with Gasteiger partial charge >= 0.3 is 0 Å². The van der Waals surface area contributed by atoms with E-state index in [0.717, 1.165) is 12.5 Å². The maximum absolute atomic E-state index is 8.85. The summed E-state index contributed by atoms with van der Waals surface area (Å²) in [4.78, 5) is 6.52. The van der Waals surface area contributed by atoms with E-state index in [4.69, 9.17) is 5.26 Å². The highest BCUT2D eigenvalue weighted by molar-refractivity contribution is 5.25. The van der Waals surface area contributed by atoms with Gasteiger partial charge in [-0.2, -0.15) is 5.26 Å². The Bertz CT molecular complexity index is 422. The summed E-state index contributed by atoms with van der Waals surface area (Å²) in [6.07, 6.45) is 7.02. The summed E-state index contributed by atoms with van der Waals surface area (Å²) < 4.78 is 0. The van der Waals surface area contributed by atoms with E-state index in [9.17, 15) is 0 Å². The van der Waals surface area contributed by atoms with E-state index < -0.39 is 0 Å². The molecule has 1 unspecified atom stereocenters. The summed E-state index contributed by atoms with van der Waals surface area (Å²) in [6, 6.07) is 6.03. The van der Waals surface area contributed by atoms with Gasteiger partial charge in [-0.3, -0.25) is 4.90 Å². The normalized spacial score (nSPS) is 21.2. The van der Waals surface area contributed by atoms with E-state index >= 15 is 0 Å². The molecule has 0 spiro atoms. The minimum absolute atomic E-state index is 0.522. The zero-order valence-corrected chi connectivity index (χ0v) is 11.1. The van der Waals surface area contributed by atoms with E-state index in [-0.39, 0.29) is 0 Å². The van der Waals surface area contributed by atoms with E-state index in [2.05, 4.69) is 22.9 Å². The molecule has 96 valence electrons. The fourth-order valence-corrected chi connectivity index (χ4v) is 2.68. The molecule has 2 rings (SSSR count). The van der Waals surface area contributed by atoms with Crippen LogP contribution in [0.4, 0.5) is 0 Å². The first-order chi connectivity index (χ1) is 8.81. The van der Waals surface area contributed by atoms with Gasteiger partial charge in [0.1, 0.15) is 11.8 Å². The molecule has 0 bridgehead atoms. The lowest BCUT2D eigenvalue weighted by atomic mass is 9.98. The van der Waals surface area contributed by atoms with Crippen LogP contribution in [0.3, 0.4) is 0 Å². The molecule has 1 atom stereocenters. The summed E-state index contributed by atoms with van der Waals surface area (Å²) >= 11 is 0. The third-order valence-electron chi connectivity index (χ3n) is 3.86. The molecule has 0 aliphatic carbocycles. The lowest BCUT2D eigenvalue weighted by molar-refractivity contribution is 0.272. The minimum Gasteiger partial charge on any atom is -0.299 e. The van der Waals surface area contributed by atoms with Crippen molar-refractivity contribution in [3.8, 4) is 6.07 Å². The molecule has 1 aromatic rings. The van der Waals surface area contributed by atoms with Crippen LogP contribution in [0, 0.1) is 17.2 Å². The summed E-state index contributed by atoms with van der Waals surface area (Å²) in [5.41, 5.74) is 1.73. The number of pyridine rings is 1. The Morgan fingerprint density at radius 1 is 1.44 bits per heavy atom. The van der Waals surface area contributed by atoms with Gasteiger partial charge in [-0.05, 0) is 56.0 Å². The van der Waals surface area contributed by atoms with Crippen molar-refractivity contribution in [2.75, 3.05) is 13.1 Å². The lowest BCUT2D eigenvalue weighted by Gasteiger charge is -2.20. The molecule has 0 amide bonds. The Morgan fingerprint density at radius 2 is 2.33 bits per heavy atom. The first-order valence-electron chi connectivity index (χ1n) is 6.89. The Labute approximate surface area is 109 Å². The second-order valence-corrected chi connectivity index (χ2v) is 5.14. The molecule has 0 saturated carbocycles. The Kier molecular flexibility index (Phi) is 4.72. The third-order valence-corrected chi connectivity index (χ3v) is 3.86. The molecule has 1 fully saturated rings. The van der Waals surface area contributed by atoms with Crippen molar-refractivity contribution in [2.45, 2.75) is 39.2 Å². The fourth-order valence-electron chi connectivity index (χ4n) is 2.68. The van der Waals surface area contributed by atoms with Gasteiger partial charge in [0, 0.05) is 12.7 Å². The summed E-state index contributed by atoms with van der Waals surface area (Å²) in [6.45, 7) is 5.61. The standard InChI is InChI=1S/C15H21N3/c1-2-13-4-3-8-18(9-6-13)12-14-5-7-17-15(10-14)11-16/h5,7,10,13H,2-4,6,8-9,12H2,1H3. The van der Waals surface area contributed by atoms with Crippen molar-refractivity contribution in [1.82, 2.24) is 9.88 Å². The zero-order chi connectivity index (χ0) is 12.8. The summed E-state index contributed by atoms with van der Waals surface area (Å²) in [5, 5.41) is 8.85. The number of nitriles is 1. The van der Waals surface area contributed by atoms with E-state index in [0.29, 0.717) is 5.69 Å². The van der Waals surface area contributed by atoms with Gasteiger partial charge in [0.15, 0.2) is 0 Å². The second kappa shape index (κ2) is 6.51. The largest absolute Gasteiger partial charge is 0.299 e. The lowest BCUT2D eigenvalue weighted by Crippen LogP contribution is -2.24. The molecule has 18 heavy (non-hydrogen) atoms. The molecule has 0 aromatic carbocycles. The van der Waals surface area contributed by atoms with Crippen LogP contribution in [-0.2, 0) is 6.54 Å². The smallest absolute Gasteiger partial charge is 0.140 e. The van der Waals surface area contributed by atoms with Crippen LogP contribution < -0.4 is 0 Å². The molecule has 2 heterocycles. The molecular formula is C15H21N3. The molecule has 1 aliphatic rings. The van der Waals surface area contributed by atoms with Gasteiger partial charge in [0.25, 0.3) is 0 Å². The minimum atomic E-state index is 0.522. The van der Waals surface area contributed by atoms with Gasteiger partial charge in [0.05, 0.1) is 0 Å². The van der Waals surface area contributed by atoms with Crippen LogP contribution in [0.25, 0.3) is 0 Å². The maximum atomic E-state index is 8.85.